The second-order valence-electron chi connectivity index (χ2n) is 8.27. The van der Waals surface area contributed by atoms with Gasteiger partial charge in [0.05, 0.1) is 0 Å². The van der Waals surface area contributed by atoms with Gasteiger partial charge in [-0.2, -0.15) is 0 Å². The summed E-state index contributed by atoms with van der Waals surface area (Å²) < 4.78 is 5.59. The van der Waals surface area contributed by atoms with Crippen LogP contribution in [0.2, 0.25) is 0 Å². The Labute approximate surface area is 155 Å². The number of hydrogen-bond acceptors (Lipinski definition) is 4. The third-order valence-corrected chi connectivity index (χ3v) is 5.14. The molecule has 26 heavy (non-hydrogen) atoms. The Hall–Kier alpha value is -2.11. The minimum Gasteiger partial charge on any atom is -0.444 e. The van der Waals surface area contributed by atoms with Gasteiger partial charge in [0.25, 0.3) is 5.91 Å². The van der Waals surface area contributed by atoms with Crippen LogP contribution in [0.25, 0.3) is 0 Å². The highest BCUT2D eigenvalue weighted by molar-refractivity contribution is 5.94. The van der Waals surface area contributed by atoms with Crippen molar-refractivity contribution in [2.45, 2.75) is 58.1 Å². The van der Waals surface area contributed by atoms with Crippen molar-refractivity contribution >= 4 is 12.0 Å². The van der Waals surface area contributed by atoms with E-state index in [1.807, 2.05) is 30.6 Å². The van der Waals surface area contributed by atoms with E-state index in [1.165, 1.54) is 0 Å². The van der Waals surface area contributed by atoms with Crippen LogP contribution >= 0.6 is 0 Å². The summed E-state index contributed by atoms with van der Waals surface area (Å²) in [5, 5.41) is 0. The fourth-order valence-electron chi connectivity index (χ4n) is 4.02. The maximum atomic E-state index is 12.8. The second kappa shape index (κ2) is 7.64. The van der Waals surface area contributed by atoms with Gasteiger partial charge >= 0.3 is 6.09 Å². The SMILES string of the molecule is CC(C)(C)OC(=O)N1CCCC1C1CCCN(C(=O)c2ccncc2)C1. The maximum Gasteiger partial charge on any atom is 0.410 e. The van der Waals surface area contributed by atoms with Gasteiger partial charge in [-0.05, 0) is 64.5 Å². The molecule has 3 heterocycles. The lowest BCUT2D eigenvalue weighted by Crippen LogP contribution is -2.49. The molecular formula is C20H29N3O3. The first kappa shape index (κ1) is 18.7. The average molecular weight is 359 g/mol. The van der Waals surface area contributed by atoms with E-state index in [4.69, 9.17) is 4.74 Å². The summed E-state index contributed by atoms with van der Waals surface area (Å²) in [5.74, 6) is 0.364. The fourth-order valence-corrected chi connectivity index (χ4v) is 4.02. The molecule has 0 N–H and O–H groups in total. The average Bonchev–Trinajstić information content (AvgIpc) is 3.10. The number of carbonyl (C=O) groups is 2. The third-order valence-electron chi connectivity index (χ3n) is 5.14. The van der Waals surface area contributed by atoms with Crippen molar-refractivity contribution in [3.63, 3.8) is 0 Å². The summed E-state index contributed by atoms with van der Waals surface area (Å²) in [6.45, 7) is 7.90. The number of carbonyl (C=O) groups excluding carboxylic acids is 2. The monoisotopic (exact) mass is 359 g/mol. The predicted molar refractivity (Wildman–Crippen MR) is 98.8 cm³/mol. The molecule has 6 nitrogen and oxygen atoms in total. The molecule has 2 unspecified atom stereocenters. The topological polar surface area (TPSA) is 62.7 Å². The molecule has 0 aliphatic carbocycles. The van der Waals surface area contributed by atoms with Gasteiger partial charge in [-0.1, -0.05) is 0 Å². The number of ether oxygens (including phenoxy) is 1. The zero-order valence-electron chi connectivity index (χ0n) is 16.0. The molecule has 2 saturated heterocycles. The minimum absolute atomic E-state index is 0.0546. The molecule has 3 rings (SSSR count). The predicted octanol–water partition coefficient (Wildman–Crippen LogP) is 3.33. The van der Waals surface area contributed by atoms with Gasteiger partial charge in [0.15, 0.2) is 0 Å². The third kappa shape index (κ3) is 4.34. The van der Waals surface area contributed by atoms with Crippen molar-refractivity contribution < 1.29 is 14.3 Å². The van der Waals surface area contributed by atoms with E-state index >= 15 is 0 Å². The highest BCUT2D eigenvalue weighted by Crippen LogP contribution is 2.32. The van der Waals surface area contributed by atoms with E-state index in [0.29, 0.717) is 18.0 Å². The summed E-state index contributed by atoms with van der Waals surface area (Å²) in [6, 6.07) is 3.68. The molecule has 1 aromatic rings. The van der Waals surface area contributed by atoms with E-state index < -0.39 is 5.60 Å². The van der Waals surface area contributed by atoms with E-state index in [0.717, 1.165) is 38.8 Å². The molecule has 0 radical (unpaired) electrons. The molecule has 0 spiro atoms. The number of aromatic nitrogens is 1. The van der Waals surface area contributed by atoms with Gasteiger partial charge in [-0.15, -0.1) is 0 Å². The van der Waals surface area contributed by atoms with E-state index in [9.17, 15) is 9.59 Å². The van der Waals surface area contributed by atoms with Gasteiger partial charge in [-0.25, -0.2) is 4.79 Å². The van der Waals surface area contributed by atoms with Gasteiger partial charge in [0.1, 0.15) is 5.60 Å². The number of hydrogen-bond donors (Lipinski definition) is 0. The molecule has 0 aromatic carbocycles. The van der Waals surface area contributed by atoms with Crippen molar-refractivity contribution in [1.82, 2.24) is 14.8 Å². The normalized spacial score (nSPS) is 23.8. The molecule has 1 aromatic heterocycles. The Kier molecular flexibility index (Phi) is 5.49. The van der Waals surface area contributed by atoms with E-state index in [2.05, 4.69) is 4.98 Å². The van der Waals surface area contributed by atoms with Gasteiger partial charge in [0.2, 0.25) is 0 Å². The molecule has 0 bridgehead atoms. The first-order valence-corrected chi connectivity index (χ1v) is 9.54. The highest BCUT2D eigenvalue weighted by Gasteiger charge is 2.39. The molecule has 2 fully saturated rings. The highest BCUT2D eigenvalue weighted by atomic mass is 16.6. The molecule has 2 aliphatic heterocycles. The van der Waals surface area contributed by atoms with Crippen LogP contribution in [-0.4, -0.2) is 58.1 Å². The summed E-state index contributed by atoms with van der Waals surface area (Å²) in [5.41, 5.74) is 0.191. The molecular weight excluding hydrogens is 330 g/mol. The number of rotatable bonds is 2. The van der Waals surface area contributed by atoms with Crippen LogP contribution < -0.4 is 0 Å². The van der Waals surface area contributed by atoms with Crippen LogP contribution in [0.5, 0.6) is 0 Å². The Bertz CT molecular complexity index is 641. The molecule has 2 amide bonds. The zero-order valence-corrected chi connectivity index (χ0v) is 16.0. The summed E-state index contributed by atoms with van der Waals surface area (Å²) in [6.07, 6.45) is 7.08. The molecule has 0 saturated carbocycles. The quantitative estimate of drug-likeness (QED) is 0.812. The molecule has 142 valence electrons. The van der Waals surface area contributed by atoms with E-state index in [1.54, 1.807) is 24.5 Å². The largest absolute Gasteiger partial charge is 0.444 e. The van der Waals surface area contributed by atoms with Gasteiger partial charge < -0.3 is 14.5 Å². The van der Waals surface area contributed by atoms with Crippen LogP contribution in [0.1, 0.15) is 56.8 Å². The van der Waals surface area contributed by atoms with Gasteiger partial charge in [-0.3, -0.25) is 9.78 Å². The van der Waals surface area contributed by atoms with Crippen molar-refractivity contribution in [2.75, 3.05) is 19.6 Å². The van der Waals surface area contributed by atoms with Crippen molar-refractivity contribution in [3.05, 3.63) is 30.1 Å². The molecule has 2 atom stereocenters. The Morgan fingerprint density at radius 2 is 1.81 bits per heavy atom. The summed E-state index contributed by atoms with van der Waals surface area (Å²) in [4.78, 5) is 33.1. The standard InChI is InChI=1S/C20H29N3O3/c1-20(2,3)26-19(25)23-13-5-7-17(23)16-6-4-12-22(14-16)18(24)15-8-10-21-11-9-15/h8-11,16-17H,4-7,12-14H2,1-3H3. The van der Waals surface area contributed by atoms with Crippen LogP contribution in [0, 0.1) is 5.92 Å². The Morgan fingerprint density at radius 3 is 2.50 bits per heavy atom. The smallest absolute Gasteiger partial charge is 0.410 e. The van der Waals surface area contributed by atoms with Gasteiger partial charge in [0, 0.05) is 43.6 Å². The van der Waals surface area contributed by atoms with Crippen LogP contribution in [0.15, 0.2) is 24.5 Å². The minimum atomic E-state index is -0.486. The lowest BCUT2D eigenvalue weighted by molar-refractivity contribution is 0.0127. The fraction of sp³-hybridized carbons (Fsp3) is 0.650. The van der Waals surface area contributed by atoms with Crippen LogP contribution in [0.3, 0.4) is 0 Å². The Balaban J connectivity index is 1.67. The number of amides is 2. The molecule has 6 heteroatoms. The van der Waals surface area contributed by atoms with Crippen LogP contribution in [-0.2, 0) is 4.74 Å². The van der Waals surface area contributed by atoms with Crippen molar-refractivity contribution in [2.24, 2.45) is 5.92 Å². The Morgan fingerprint density at radius 1 is 1.12 bits per heavy atom. The first-order chi connectivity index (χ1) is 12.3. The van der Waals surface area contributed by atoms with Crippen molar-refractivity contribution in [1.29, 1.82) is 0 Å². The first-order valence-electron chi connectivity index (χ1n) is 9.54. The van der Waals surface area contributed by atoms with Crippen LogP contribution in [0.4, 0.5) is 4.79 Å². The summed E-state index contributed by atoms with van der Waals surface area (Å²) >= 11 is 0. The number of piperidine rings is 1. The number of pyridine rings is 1. The zero-order chi connectivity index (χ0) is 18.7. The second-order valence-corrected chi connectivity index (χ2v) is 8.27. The number of nitrogens with zero attached hydrogens (tertiary/aromatic N) is 3. The van der Waals surface area contributed by atoms with Crippen molar-refractivity contribution in [3.8, 4) is 0 Å². The lowest BCUT2D eigenvalue weighted by Gasteiger charge is -2.39. The lowest BCUT2D eigenvalue weighted by atomic mass is 9.89. The van der Waals surface area contributed by atoms with E-state index in [-0.39, 0.29) is 18.0 Å². The summed E-state index contributed by atoms with van der Waals surface area (Å²) in [7, 11) is 0. The number of likely N-dealkylation sites (tertiary alicyclic amines) is 2. The maximum absolute atomic E-state index is 12.8. The molecule has 2 aliphatic rings.